The molecule has 0 aromatic rings. The maximum absolute atomic E-state index is 12.7. The van der Waals surface area contributed by atoms with Crippen molar-refractivity contribution in [3.63, 3.8) is 0 Å². The minimum atomic E-state index is -0.384. The maximum atomic E-state index is 12.7. The fourth-order valence-electron chi connectivity index (χ4n) is 10.1. The van der Waals surface area contributed by atoms with E-state index in [1.807, 2.05) is 0 Å². The third-order valence-corrected chi connectivity index (χ3v) is 12.5. The number of quaternary nitrogens is 1. The molecule has 1 amide bonds. The first-order valence-corrected chi connectivity index (χ1v) is 16.0. The Morgan fingerprint density at radius 3 is 2.46 bits per heavy atom. The van der Waals surface area contributed by atoms with Crippen LogP contribution in [0.4, 0.5) is 0 Å². The molecule has 0 radical (unpaired) electrons. The van der Waals surface area contributed by atoms with Crippen LogP contribution in [0.25, 0.3) is 0 Å². The zero-order valence-electron chi connectivity index (χ0n) is 25.4. The number of aliphatic hydroxyl groups is 3. The van der Waals surface area contributed by atoms with Crippen molar-refractivity contribution in [1.29, 1.82) is 0 Å². The molecule has 7 heteroatoms. The van der Waals surface area contributed by atoms with Gasteiger partial charge in [0.05, 0.1) is 45.5 Å². The van der Waals surface area contributed by atoms with Crippen molar-refractivity contribution in [2.24, 2.45) is 46.3 Å². The van der Waals surface area contributed by atoms with Crippen molar-refractivity contribution in [2.45, 2.75) is 110 Å². The third kappa shape index (κ3) is 6.23. The van der Waals surface area contributed by atoms with E-state index in [2.05, 4.69) is 40.2 Å². The van der Waals surface area contributed by atoms with E-state index < -0.39 is 0 Å². The molecule has 0 aromatic carbocycles. The van der Waals surface area contributed by atoms with Crippen LogP contribution in [0.5, 0.6) is 0 Å². The Morgan fingerprint density at radius 1 is 1.03 bits per heavy atom. The molecule has 4 saturated carbocycles. The molecule has 4 rings (SSSR count). The van der Waals surface area contributed by atoms with E-state index in [9.17, 15) is 25.2 Å². The molecule has 0 aromatic heterocycles. The molecule has 0 saturated heterocycles. The summed E-state index contributed by atoms with van der Waals surface area (Å²) in [6, 6.07) is 0. The highest BCUT2D eigenvalue weighted by atomic mass is 16.3. The van der Waals surface area contributed by atoms with Gasteiger partial charge in [-0.25, -0.2) is 0 Å². The first-order chi connectivity index (χ1) is 18.3. The summed E-state index contributed by atoms with van der Waals surface area (Å²) in [4.78, 5) is 12.7. The summed E-state index contributed by atoms with van der Waals surface area (Å²) in [6.45, 7) is 9.40. The predicted octanol–water partition coefficient (Wildman–Crippen LogP) is 2.70. The molecule has 0 aliphatic heterocycles. The van der Waals surface area contributed by atoms with E-state index in [-0.39, 0.29) is 47.6 Å². The Morgan fingerprint density at radius 2 is 1.74 bits per heavy atom. The molecular weight excluding hydrogens is 492 g/mol. The summed E-state index contributed by atoms with van der Waals surface area (Å²) in [6.07, 6.45) is 8.23. The molecule has 4 aliphatic carbocycles. The van der Waals surface area contributed by atoms with Crippen LogP contribution in [-0.2, 0) is 4.79 Å². The van der Waals surface area contributed by atoms with E-state index >= 15 is 0 Å². The number of fused-ring (bicyclic) bond motifs is 5. The second-order valence-corrected chi connectivity index (χ2v) is 15.2. The summed E-state index contributed by atoms with van der Waals surface area (Å²) < 4.78 is 0.817. The molecule has 0 unspecified atom stereocenters. The predicted molar refractivity (Wildman–Crippen MR) is 151 cm³/mol. The molecule has 0 bridgehead atoms. The van der Waals surface area contributed by atoms with Crippen LogP contribution in [-0.4, -0.2) is 84.4 Å². The zero-order chi connectivity index (χ0) is 28.6. The normalized spacial score (nSPS) is 42.8. The van der Waals surface area contributed by atoms with Gasteiger partial charge in [-0.2, -0.15) is 0 Å². The first kappa shape index (κ1) is 31.2. The van der Waals surface area contributed by atoms with E-state index in [4.69, 9.17) is 0 Å². The van der Waals surface area contributed by atoms with Crippen molar-refractivity contribution < 1.29 is 29.7 Å². The SMILES string of the molecule is C[C@H](CCC(=O)NCCC[N+](C)(C)CCC[O-])[C@H]1CC[C@H]2[C@@H]3[C@H](O)C[C@@H]4C[C@H](O)CC[C@]4(C)[C@H]3C[C@H](O)[C@]12C. The number of nitrogens with zero attached hydrogens (tertiary/aromatic N) is 1. The Hall–Kier alpha value is -0.730. The molecule has 4 fully saturated rings. The van der Waals surface area contributed by atoms with Crippen LogP contribution in [0, 0.1) is 46.3 Å². The first-order valence-electron chi connectivity index (χ1n) is 16.0. The fraction of sp³-hybridized carbons (Fsp3) is 0.969. The van der Waals surface area contributed by atoms with E-state index in [1.54, 1.807) is 0 Å². The minimum Gasteiger partial charge on any atom is -0.854 e. The van der Waals surface area contributed by atoms with E-state index in [0.717, 1.165) is 75.4 Å². The number of carbonyl (C=O) groups excluding carboxylic acids is 1. The number of carbonyl (C=O) groups is 1. The summed E-state index contributed by atoms with van der Waals surface area (Å²) in [5.74, 6) is 2.01. The second kappa shape index (κ2) is 12.2. The Balaban J connectivity index is 1.32. The summed E-state index contributed by atoms with van der Waals surface area (Å²) in [7, 11) is 4.28. The van der Waals surface area contributed by atoms with Gasteiger partial charge in [-0.15, -0.1) is 6.61 Å². The topological polar surface area (TPSA) is 113 Å². The lowest BCUT2D eigenvalue weighted by Crippen LogP contribution is -2.62. The van der Waals surface area contributed by atoms with Crippen molar-refractivity contribution >= 4 is 5.91 Å². The summed E-state index contributed by atoms with van der Waals surface area (Å²) in [5.41, 5.74) is -0.125. The van der Waals surface area contributed by atoms with Gasteiger partial charge in [0, 0.05) is 19.4 Å². The highest BCUT2D eigenvalue weighted by Gasteiger charge is 2.65. The van der Waals surface area contributed by atoms with Crippen LogP contribution in [0.1, 0.15) is 91.4 Å². The van der Waals surface area contributed by atoms with Crippen LogP contribution in [0.2, 0.25) is 0 Å². The van der Waals surface area contributed by atoms with Crippen molar-refractivity contribution in [2.75, 3.05) is 40.3 Å². The molecule has 0 spiro atoms. The molecule has 39 heavy (non-hydrogen) atoms. The largest absolute Gasteiger partial charge is 0.854 e. The molecule has 4 N–H and O–H groups in total. The maximum Gasteiger partial charge on any atom is 0.220 e. The number of amides is 1. The number of rotatable bonds is 11. The van der Waals surface area contributed by atoms with Crippen LogP contribution in [0.15, 0.2) is 0 Å². The van der Waals surface area contributed by atoms with Crippen LogP contribution in [0.3, 0.4) is 0 Å². The van der Waals surface area contributed by atoms with Crippen molar-refractivity contribution in [1.82, 2.24) is 5.32 Å². The summed E-state index contributed by atoms with van der Waals surface area (Å²) in [5, 5.41) is 47.4. The van der Waals surface area contributed by atoms with Gasteiger partial charge in [0.1, 0.15) is 0 Å². The average molecular weight is 551 g/mol. The Labute approximate surface area is 237 Å². The van der Waals surface area contributed by atoms with Gasteiger partial charge in [0.25, 0.3) is 0 Å². The number of hydrogen-bond acceptors (Lipinski definition) is 5. The molecule has 4 aliphatic rings. The smallest absolute Gasteiger partial charge is 0.220 e. The van der Waals surface area contributed by atoms with Gasteiger partial charge in [-0.1, -0.05) is 20.8 Å². The standard InChI is InChI=1S/C32H58N2O5/c1-21(8-11-29(39)33-14-6-15-34(4,5)16-7-17-35)24-9-10-25-30-26(20-28(38)32(24,25)3)31(2)13-12-23(36)18-22(31)19-27(30)37/h21-28,30,36-38H,6-20H2,1-5H3,(H,33,39)/t21-,22+,23-,24-,25+,26+,27-,28+,30+,31+,32-/m1/s1. The van der Waals surface area contributed by atoms with Gasteiger partial charge in [-0.3, -0.25) is 4.79 Å². The highest BCUT2D eigenvalue weighted by Crippen LogP contribution is 2.68. The third-order valence-electron chi connectivity index (χ3n) is 12.5. The Bertz CT molecular complexity index is 837. The minimum absolute atomic E-state index is 0.0267. The number of aliphatic hydroxyl groups excluding tert-OH is 3. The second-order valence-electron chi connectivity index (χ2n) is 15.2. The molecule has 226 valence electrons. The van der Waals surface area contributed by atoms with Crippen LogP contribution >= 0.6 is 0 Å². The molecular formula is C32H58N2O5. The van der Waals surface area contributed by atoms with Crippen molar-refractivity contribution in [3.05, 3.63) is 0 Å². The van der Waals surface area contributed by atoms with E-state index in [1.165, 1.54) is 0 Å². The zero-order valence-corrected chi connectivity index (χ0v) is 25.4. The number of hydrogen-bond donors (Lipinski definition) is 4. The molecule has 11 atom stereocenters. The lowest BCUT2D eigenvalue weighted by atomic mass is 9.43. The quantitative estimate of drug-likeness (QED) is 0.233. The van der Waals surface area contributed by atoms with Crippen molar-refractivity contribution in [3.8, 4) is 0 Å². The van der Waals surface area contributed by atoms with Gasteiger partial charge >= 0.3 is 0 Å². The Kier molecular flexibility index (Phi) is 9.80. The summed E-state index contributed by atoms with van der Waals surface area (Å²) >= 11 is 0. The van der Waals surface area contributed by atoms with Crippen LogP contribution < -0.4 is 10.4 Å². The van der Waals surface area contributed by atoms with Gasteiger partial charge in [0.2, 0.25) is 5.91 Å². The molecule has 7 nitrogen and oxygen atoms in total. The monoisotopic (exact) mass is 550 g/mol. The molecule has 0 heterocycles. The highest BCUT2D eigenvalue weighted by molar-refractivity contribution is 5.75. The van der Waals surface area contributed by atoms with Gasteiger partial charge < -0.3 is 30.2 Å². The van der Waals surface area contributed by atoms with E-state index in [0.29, 0.717) is 49.0 Å². The average Bonchev–Trinajstić information content (AvgIpc) is 3.24. The fourth-order valence-corrected chi connectivity index (χ4v) is 10.1. The number of nitrogens with one attached hydrogen (secondary N) is 1. The van der Waals surface area contributed by atoms with Gasteiger partial charge in [0.15, 0.2) is 0 Å². The lowest BCUT2D eigenvalue weighted by molar-refractivity contribution is -0.891. The lowest BCUT2D eigenvalue weighted by Gasteiger charge is -2.63. The van der Waals surface area contributed by atoms with Gasteiger partial charge in [-0.05, 0) is 104 Å².